The molecular weight excluding hydrogens is 373 g/mol. The molecule has 6 nitrogen and oxygen atoms in total. The van der Waals surface area contributed by atoms with Gasteiger partial charge in [-0.1, -0.05) is 13.0 Å². The van der Waals surface area contributed by atoms with Crippen molar-refractivity contribution in [1.29, 1.82) is 0 Å². The van der Waals surface area contributed by atoms with Gasteiger partial charge in [0.05, 0.1) is 10.7 Å². The van der Waals surface area contributed by atoms with E-state index in [1.807, 2.05) is 6.92 Å². The number of aromatic nitrogens is 1. The average molecular weight is 393 g/mol. The SMILES string of the molecule is CC/C(=C\C=C(/C)F)c1nc(CC(=O)O)oc1-c1ccc(S(C)(=O)=O)cc1. The third-order valence-electron chi connectivity index (χ3n) is 3.72. The monoisotopic (exact) mass is 393 g/mol. The molecule has 2 aromatic rings. The first kappa shape index (κ1) is 20.6. The zero-order valence-electron chi connectivity index (χ0n) is 15.2. The number of aliphatic carboxylic acids is 1. The minimum absolute atomic E-state index is 0.0139. The third kappa shape index (κ3) is 5.37. The second kappa shape index (κ2) is 8.30. The highest BCUT2D eigenvalue weighted by molar-refractivity contribution is 7.90. The lowest BCUT2D eigenvalue weighted by molar-refractivity contribution is -0.136. The molecule has 27 heavy (non-hydrogen) atoms. The Morgan fingerprint density at radius 1 is 1.26 bits per heavy atom. The van der Waals surface area contributed by atoms with Crippen LogP contribution in [0.5, 0.6) is 0 Å². The predicted molar refractivity (Wildman–Crippen MR) is 99.5 cm³/mol. The Morgan fingerprint density at radius 2 is 1.89 bits per heavy atom. The Balaban J connectivity index is 2.60. The molecule has 1 heterocycles. The Kier molecular flexibility index (Phi) is 6.32. The number of carboxylic acid groups (broad SMARTS) is 1. The Hall–Kier alpha value is -2.74. The molecule has 0 radical (unpaired) electrons. The van der Waals surface area contributed by atoms with Crippen LogP contribution < -0.4 is 0 Å². The molecule has 1 N–H and O–H groups in total. The molecule has 0 amide bonds. The minimum Gasteiger partial charge on any atom is -0.481 e. The van der Waals surface area contributed by atoms with E-state index in [0.29, 0.717) is 29.0 Å². The molecule has 0 saturated heterocycles. The van der Waals surface area contributed by atoms with Crippen LogP contribution in [0.3, 0.4) is 0 Å². The second-order valence-corrected chi connectivity index (χ2v) is 7.97. The molecule has 0 unspecified atom stereocenters. The first-order valence-electron chi connectivity index (χ1n) is 8.17. The number of hydrogen-bond donors (Lipinski definition) is 1. The van der Waals surface area contributed by atoms with Crippen molar-refractivity contribution in [3.8, 4) is 11.3 Å². The maximum absolute atomic E-state index is 13.1. The summed E-state index contributed by atoms with van der Waals surface area (Å²) in [5.41, 5.74) is 1.61. The fourth-order valence-electron chi connectivity index (χ4n) is 2.42. The van der Waals surface area contributed by atoms with E-state index in [1.165, 1.54) is 25.1 Å². The smallest absolute Gasteiger partial charge is 0.312 e. The highest BCUT2D eigenvalue weighted by Gasteiger charge is 2.20. The van der Waals surface area contributed by atoms with Crippen molar-refractivity contribution in [2.24, 2.45) is 0 Å². The van der Waals surface area contributed by atoms with Gasteiger partial charge in [0.25, 0.3) is 0 Å². The minimum atomic E-state index is -3.35. The zero-order chi connectivity index (χ0) is 20.2. The van der Waals surface area contributed by atoms with Crippen molar-refractivity contribution < 1.29 is 27.1 Å². The molecule has 0 atom stereocenters. The first-order chi connectivity index (χ1) is 12.6. The predicted octanol–water partition coefficient (Wildman–Crippen LogP) is 4.04. The number of nitrogens with zero attached hydrogens (tertiary/aromatic N) is 1. The van der Waals surface area contributed by atoms with Crippen LogP contribution in [-0.4, -0.2) is 30.7 Å². The summed E-state index contributed by atoms with van der Waals surface area (Å²) in [7, 11) is -3.35. The average Bonchev–Trinajstić information content (AvgIpc) is 2.97. The van der Waals surface area contributed by atoms with Gasteiger partial charge in [0.15, 0.2) is 15.6 Å². The molecule has 144 valence electrons. The van der Waals surface area contributed by atoms with Gasteiger partial charge in [0, 0.05) is 11.8 Å². The largest absolute Gasteiger partial charge is 0.481 e. The molecule has 0 saturated carbocycles. The summed E-state index contributed by atoms with van der Waals surface area (Å²) in [6.07, 6.45) is 4.07. The van der Waals surface area contributed by atoms with Crippen LogP contribution in [0.25, 0.3) is 16.9 Å². The number of halogens is 1. The summed E-state index contributed by atoms with van der Waals surface area (Å²) in [6.45, 7) is 3.17. The number of rotatable bonds is 7. The maximum atomic E-state index is 13.1. The summed E-state index contributed by atoms with van der Waals surface area (Å²) in [5.74, 6) is -1.15. The van der Waals surface area contributed by atoms with Gasteiger partial charge >= 0.3 is 5.97 Å². The quantitative estimate of drug-likeness (QED) is 0.713. The summed E-state index contributed by atoms with van der Waals surface area (Å²) < 4.78 is 42.0. The molecule has 0 fully saturated rings. The third-order valence-corrected chi connectivity index (χ3v) is 4.85. The number of carboxylic acids is 1. The lowest BCUT2D eigenvalue weighted by Crippen LogP contribution is -2.00. The van der Waals surface area contributed by atoms with E-state index < -0.39 is 22.2 Å². The highest BCUT2D eigenvalue weighted by Crippen LogP contribution is 2.32. The Labute approximate surface area is 157 Å². The van der Waals surface area contributed by atoms with Gasteiger partial charge < -0.3 is 9.52 Å². The number of benzene rings is 1. The number of oxazole rings is 1. The second-order valence-electron chi connectivity index (χ2n) is 5.95. The molecule has 0 aliphatic rings. The van der Waals surface area contributed by atoms with Crippen LogP contribution >= 0.6 is 0 Å². The Bertz CT molecular complexity index is 997. The van der Waals surface area contributed by atoms with Crippen molar-refractivity contribution in [1.82, 2.24) is 4.98 Å². The van der Waals surface area contributed by atoms with Crippen molar-refractivity contribution in [3.63, 3.8) is 0 Å². The van der Waals surface area contributed by atoms with Gasteiger partial charge in [-0.3, -0.25) is 4.79 Å². The molecule has 0 bridgehead atoms. The van der Waals surface area contributed by atoms with Gasteiger partial charge in [-0.25, -0.2) is 17.8 Å². The fourth-order valence-corrected chi connectivity index (χ4v) is 3.05. The van der Waals surface area contributed by atoms with Crippen LogP contribution in [0.2, 0.25) is 0 Å². The van der Waals surface area contributed by atoms with Gasteiger partial charge in [0.2, 0.25) is 5.89 Å². The van der Waals surface area contributed by atoms with Gasteiger partial charge in [-0.15, -0.1) is 0 Å². The van der Waals surface area contributed by atoms with E-state index in [4.69, 9.17) is 9.52 Å². The lowest BCUT2D eigenvalue weighted by Gasteiger charge is -2.05. The van der Waals surface area contributed by atoms with E-state index in [1.54, 1.807) is 18.2 Å². The summed E-state index contributed by atoms with van der Waals surface area (Å²) >= 11 is 0. The number of sulfone groups is 1. The Morgan fingerprint density at radius 3 is 2.37 bits per heavy atom. The van der Waals surface area contributed by atoms with Crippen LogP contribution in [-0.2, 0) is 21.1 Å². The molecule has 0 aliphatic carbocycles. The van der Waals surface area contributed by atoms with E-state index in [2.05, 4.69) is 4.98 Å². The van der Waals surface area contributed by atoms with E-state index >= 15 is 0 Å². The van der Waals surface area contributed by atoms with Crippen molar-refractivity contribution in [2.75, 3.05) is 6.26 Å². The first-order valence-corrected chi connectivity index (χ1v) is 10.1. The van der Waals surface area contributed by atoms with E-state index in [9.17, 15) is 17.6 Å². The van der Waals surface area contributed by atoms with E-state index in [0.717, 1.165) is 6.26 Å². The van der Waals surface area contributed by atoms with Crippen molar-refractivity contribution >= 4 is 21.4 Å². The molecule has 0 spiro atoms. The fraction of sp³-hybridized carbons (Fsp3) is 0.263. The van der Waals surface area contributed by atoms with Gasteiger partial charge in [-0.2, -0.15) is 0 Å². The maximum Gasteiger partial charge on any atom is 0.312 e. The standard InChI is InChI=1S/C19H20FNO5S/c1-4-13(6-5-12(2)20)18-19(26-16(21-18)11-17(22)23)14-7-9-15(10-8-14)27(3,24)25/h5-10H,4,11H2,1-3H3,(H,22,23)/b12-5+,13-6+. The molecule has 0 aliphatic heterocycles. The van der Waals surface area contributed by atoms with Crippen LogP contribution in [0, 0.1) is 0 Å². The van der Waals surface area contributed by atoms with Crippen LogP contribution in [0.4, 0.5) is 4.39 Å². The topological polar surface area (TPSA) is 97.5 Å². The summed E-state index contributed by atoms with van der Waals surface area (Å²) in [6, 6.07) is 6.01. The highest BCUT2D eigenvalue weighted by atomic mass is 32.2. The van der Waals surface area contributed by atoms with E-state index in [-0.39, 0.29) is 16.6 Å². The van der Waals surface area contributed by atoms with Gasteiger partial charge in [0.1, 0.15) is 12.1 Å². The van der Waals surface area contributed by atoms with Crippen molar-refractivity contribution in [2.45, 2.75) is 31.6 Å². The zero-order valence-corrected chi connectivity index (χ0v) is 16.0. The number of carbonyl (C=O) groups is 1. The summed E-state index contributed by atoms with van der Waals surface area (Å²) in [5, 5.41) is 9.00. The molecule has 1 aromatic heterocycles. The molecule has 8 heteroatoms. The lowest BCUT2D eigenvalue weighted by atomic mass is 10.0. The number of hydrogen-bond acceptors (Lipinski definition) is 5. The molecular formula is C19H20FNO5S. The van der Waals surface area contributed by atoms with Crippen LogP contribution in [0.15, 0.2) is 51.6 Å². The normalized spacial score (nSPS) is 13.0. The molecule has 2 rings (SSSR count). The summed E-state index contributed by atoms with van der Waals surface area (Å²) in [4.78, 5) is 15.4. The van der Waals surface area contributed by atoms with Crippen molar-refractivity contribution in [3.05, 3.63) is 53.8 Å². The molecule has 1 aromatic carbocycles. The van der Waals surface area contributed by atoms with Gasteiger partial charge in [-0.05, 0) is 49.3 Å². The number of allylic oxidation sites excluding steroid dienone is 4. The van der Waals surface area contributed by atoms with Crippen LogP contribution in [0.1, 0.15) is 31.9 Å².